The predicted octanol–water partition coefficient (Wildman–Crippen LogP) is 3.79. The SMILES string of the molecule is Cc1cc2c(ccn2C)c(Cl)c1Cl. The van der Waals surface area contributed by atoms with Crippen molar-refractivity contribution in [1.82, 2.24) is 4.57 Å². The Labute approximate surface area is 86.9 Å². The zero-order valence-electron chi connectivity index (χ0n) is 7.44. The van der Waals surface area contributed by atoms with Gasteiger partial charge in [0, 0.05) is 24.1 Å². The molecule has 0 fully saturated rings. The highest BCUT2D eigenvalue weighted by molar-refractivity contribution is 6.45. The van der Waals surface area contributed by atoms with Crippen LogP contribution in [0.2, 0.25) is 10.0 Å². The Kier molecular flexibility index (Phi) is 2.01. The van der Waals surface area contributed by atoms with Gasteiger partial charge in [0.15, 0.2) is 0 Å². The third-order valence-electron chi connectivity index (χ3n) is 2.25. The Morgan fingerprint density at radius 3 is 2.62 bits per heavy atom. The van der Waals surface area contributed by atoms with Gasteiger partial charge in [0.05, 0.1) is 10.0 Å². The molecule has 13 heavy (non-hydrogen) atoms. The second-order valence-corrected chi connectivity index (χ2v) is 3.94. The van der Waals surface area contributed by atoms with E-state index in [9.17, 15) is 0 Å². The lowest BCUT2D eigenvalue weighted by molar-refractivity contribution is 0.968. The molecule has 0 N–H and O–H groups in total. The number of fused-ring (bicyclic) bond motifs is 1. The van der Waals surface area contributed by atoms with Crippen LogP contribution in [0.4, 0.5) is 0 Å². The standard InChI is InChI=1S/C10H9Cl2N/c1-6-5-8-7(3-4-13(8)2)10(12)9(6)11/h3-5H,1-2H3. The second kappa shape index (κ2) is 2.93. The van der Waals surface area contributed by atoms with E-state index in [0.717, 1.165) is 16.5 Å². The Morgan fingerprint density at radius 2 is 1.92 bits per heavy atom. The molecule has 0 aliphatic rings. The fourth-order valence-corrected chi connectivity index (χ4v) is 1.93. The van der Waals surface area contributed by atoms with Crippen LogP contribution in [0.25, 0.3) is 10.9 Å². The minimum atomic E-state index is 0.650. The number of nitrogens with zero attached hydrogens (tertiary/aromatic N) is 1. The maximum absolute atomic E-state index is 6.10. The average molecular weight is 214 g/mol. The van der Waals surface area contributed by atoms with E-state index in [0.29, 0.717) is 10.0 Å². The summed E-state index contributed by atoms with van der Waals surface area (Å²) in [4.78, 5) is 0. The first-order valence-corrected chi connectivity index (χ1v) is 4.76. The largest absolute Gasteiger partial charge is 0.350 e. The van der Waals surface area contributed by atoms with Crippen molar-refractivity contribution >= 4 is 34.1 Å². The number of benzene rings is 1. The van der Waals surface area contributed by atoms with Crippen molar-refractivity contribution in [3.8, 4) is 0 Å². The number of aromatic nitrogens is 1. The van der Waals surface area contributed by atoms with Crippen LogP contribution >= 0.6 is 23.2 Å². The molecule has 1 aromatic heterocycles. The molecule has 0 unspecified atom stereocenters. The molecule has 0 spiro atoms. The molecular formula is C10H9Cl2N. The van der Waals surface area contributed by atoms with Gasteiger partial charge in [-0.05, 0) is 24.6 Å². The van der Waals surface area contributed by atoms with Crippen molar-refractivity contribution in [2.24, 2.45) is 7.05 Å². The van der Waals surface area contributed by atoms with Crippen LogP contribution in [0, 0.1) is 6.92 Å². The highest BCUT2D eigenvalue weighted by Crippen LogP contribution is 2.33. The van der Waals surface area contributed by atoms with E-state index in [1.807, 2.05) is 36.9 Å². The zero-order chi connectivity index (χ0) is 9.59. The van der Waals surface area contributed by atoms with Crippen LogP contribution in [-0.2, 0) is 7.05 Å². The van der Waals surface area contributed by atoms with E-state index in [1.54, 1.807) is 0 Å². The minimum Gasteiger partial charge on any atom is -0.350 e. The van der Waals surface area contributed by atoms with Crippen LogP contribution in [-0.4, -0.2) is 4.57 Å². The highest BCUT2D eigenvalue weighted by atomic mass is 35.5. The monoisotopic (exact) mass is 213 g/mol. The Hall–Kier alpha value is -0.660. The van der Waals surface area contributed by atoms with Gasteiger partial charge >= 0.3 is 0 Å². The third kappa shape index (κ3) is 1.23. The van der Waals surface area contributed by atoms with Gasteiger partial charge in [-0.2, -0.15) is 0 Å². The molecule has 0 atom stereocenters. The van der Waals surface area contributed by atoms with E-state index in [-0.39, 0.29) is 0 Å². The van der Waals surface area contributed by atoms with Crippen molar-refractivity contribution in [3.05, 3.63) is 33.9 Å². The Morgan fingerprint density at radius 1 is 1.23 bits per heavy atom. The molecule has 0 bridgehead atoms. The van der Waals surface area contributed by atoms with E-state index >= 15 is 0 Å². The fraction of sp³-hybridized carbons (Fsp3) is 0.200. The third-order valence-corrected chi connectivity index (χ3v) is 3.23. The number of hydrogen-bond acceptors (Lipinski definition) is 0. The van der Waals surface area contributed by atoms with Gasteiger partial charge in [-0.1, -0.05) is 23.2 Å². The summed E-state index contributed by atoms with van der Waals surface area (Å²) in [6.45, 7) is 1.96. The van der Waals surface area contributed by atoms with E-state index in [2.05, 4.69) is 0 Å². The number of aryl methyl sites for hydroxylation is 2. The van der Waals surface area contributed by atoms with Crippen LogP contribution in [0.3, 0.4) is 0 Å². The molecule has 1 aromatic carbocycles. The van der Waals surface area contributed by atoms with Crippen molar-refractivity contribution in [2.75, 3.05) is 0 Å². The molecule has 0 saturated heterocycles. The van der Waals surface area contributed by atoms with Gasteiger partial charge in [-0.25, -0.2) is 0 Å². The zero-order valence-corrected chi connectivity index (χ0v) is 8.95. The first-order valence-electron chi connectivity index (χ1n) is 4.01. The molecule has 0 aliphatic heterocycles. The molecule has 2 rings (SSSR count). The number of halogens is 2. The van der Waals surface area contributed by atoms with E-state index in [4.69, 9.17) is 23.2 Å². The maximum atomic E-state index is 6.10. The molecule has 0 aliphatic carbocycles. The lowest BCUT2D eigenvalue weighted by Crippen LogP contribution is -1.86. The smallest absolute Gasteiger partial charge is 0.0688 e. The maximum Gasteiger partial charge on any atom is 0.0688 e. The van der Waals surface area contributed by atoms with Crippen molar-refractivity contribution < 1.29 is 0 Å². The van der Waals surface area contributed by atoms with Crippen molar-refractivity contribution in [3.63, 3.8) is 0 Å². The van der Waals surface area contributed by atoms with Gasteiger partial charge in [0.2, 0.25) is 0 Å². The number of hydrogen-bond donors (Lipinski definition) is 0. The minimum absolute atomic E-state index is 0.650. The lowest BCUT2D eigenvalue weighted by atomic mass is 10.2. The van der Waals surface area contributed by atoms with Gasteiger partial charge in [0.1, 0.15) is 0 Å². The summed E-state index contributed by atoms with van der Waals surface area (Å²) in [5, 5.41) is 2.32. The quantitative estimate of drug-likeness (QED) is 0.628. The summed E-state index contributed by atoms with van der Waals surface area (Å²) in [6.07, 6.45) is 1.98. The van der Waals surface area contributed by atoms with Gasteiger partial charge in [-0.15, -0.1) is 0 Å². The molecular weight excluding hydrogens is 205 g/mol. The lowest BCUT2D eigenvalue weighted by Gasteiger charge is -2.03. The van der Waals surface area contributed by atoms with Crippen LogP contribution < -0.4 is 0 Å². The summed E-state index contributed by atoms with van der Waals surface area (Å²) in [7, 11) is 1.99. The molecule has 0 saturated carbocycles. The molecule has 1 nitrogen and oxygen atoms in total. The summed E-state index contributed by atoms with van der Waals surface area (Å²) < 4.78 is 2.03. The predicted molar refractivity (Wildman–Crippen MR) is 57.7 cm³/mol. The van der Waals surface area contributed by atoms with E-state index in [1.165, 1.54) is 0 Å². The molecule has 3 heteroatoms. The summed E-state index contributed by atoms with van der Waals surface area (Å²) in [6, 6.07) is 4.02. The highest BCUT2D eigenvalue weighted by Gasteiger charge is 2.08. The van der Waals surface area contributed by atoms with Crippen LogP contribution in [0.15, 0.2) is 18.3 Å². The fourth-order valence-electron chi connectivity index (χ4n) is 1.47. The molecule has 2 aromatic rings. The van der Waals surface area contributed by atoms with Gasteiger partial charge in [-0.3, -0.25) is 0 Å². The average Bonchev–Trinajstić information content (AvgIpc) is 2.45. The molecule has 0 amide bonds. The summed E-state index contributed by atoms with van der Waals surface area (Å²) in [5.41, 5.74) is 2.13. The van der Waals surface area contributed by atoms with Crippen molar-refractivity contribution in [1.29, 1.82) is 0 Å². The Balaban J connectivity index is 2.96. The summed E-state index contributed by atoms with van der Waals surface area (Å²) >= 11 is 12.1. The molecule has 68 valence electrons. The first kappa shape index (κ1) is 8.92. The van der Waals surface area contributed by atoms with Crippen LogP contribution in [0.5, 0.6) is 0 Å². The first-order chi connectivity index (χ1) is 6.11. The van der Waals surface area contributed by atoms with Gasteiger partial charge < -0.3 is 4.57 Å². The van der Waals surface area contributed by atoms with Crippen molar-refractivity contribution in [2.45, 2.75) is 6.92 Å². The summed E-state index contributed by atoms with van der Waals surface area (Å²) in [5.74, 6) is 0. The van der Waals surface area contributed by atoms with Gasteiger partial charge in [0.25, 0.3) is 0 Å². The Bertz CT molecular complexity index is 471. The topological polar surface area (TPSA) is 4.93 Å². The normalized spacial score (nSPS) is 11.1. The molecule has 1 heterocycles. The van der Waals surface area contributed by atoms with Crippen LogP contribution in [0.1, 0.15) is 5.56 Å². The molecule has 0 radical (unpaired) electrons. The number of rotatable bonds is 0. The van der Waals surface area contributed by atoms with E-state index < -0.39 is 0 Å². The second-order valence-electron chi connectivity index (χ2n) is 3.18.